The maximum absolute atomic E-state index is 12.7. The van der Waals surface area contributed by atoms with E-state index in [1.807, 2.05) is 37.3 Å². The lowest BCUT2D eigenvalue weighted by Gasteiger charge is -2.10. The summed E-state index contributed by atoms with van der Waals surface area (Å²) in [5.41, 5.74) is 1.21. The van der Waals surface area contributed by atoms with E-state index in [2.05, 4.69) is 10.3 Å². The first kappa shape index (κ1) is 20.9. The zero-order valence-electron chi connectivity index (χ0n) is 15.9. The zero-order chi connectivity index (χ0) is 19.6. The van der Waals surface area contributed by atoms with Crippen LogP contribution in [-0.2, 0) is 16.6 Å². The van der Waals surface area contributed by atoms with Crippen LogP contribution in [0, 0.1) is 0 Å². The van der Waals surface area contributed by atoms with E-state index in [0.29, 0.717) is 11.4 Å². The molecule has 1 aromatic heterocycles. The Hall–Kier alpha value is -2.38. The normalized spacial score (nSPS) is 11.4. The molecule has 6 nitrogen and oxygen atoms in total. The van der Waals surface area contributed by atoms with E-state index >= 15 is 0 Å². The largest absolute Gasteiger partial charge is 0.385 e. The Labute approximate surface area is 163 Å². The van der Waals surface area contributed by atoms with Gasteiger partial charge in [0, 0.05) is 43.2 Å². The molecule has 0 bridgehead atoms. The number of aromatic nitrogens is 2. The van der Waals surface area contributed by atoms with Crippen molar-refractivity contribution in [1.82, 2.24) is 9.55 Å². The zero-order valence-corrected chi connectivity index (χ0v) is 16.7. The molecule has 0 radical (unpaired) electrons. The maximum atomic E-state index is 12.7. The van der Waals surface area contributed by atoms with Crippen molar-refractivity contribution in [2.45, 2.75) is 24.7 Å². The predicted octanol–water partition coefficient (Wildman–Crippen LogP) is 3.34. The first-order valence-electron chi connectivity index (χ1n) is 8.81. The molecule has 1 aromatic carbocycles. The van der Waals surface area contributed by atoms with Gasteiger partial charge in [-0.25, -0.2) is 4.98 Å². The fraction of sp³-hybridized carbons (Fsp3) is 0.350. The second kappa shape index (κ2) is 10.7. The van der Waals surface area contributed by atoms with Crippen molar-refractivity contribution in [3.63, 3.8) is 0 Å². The van der Waals surface area contributed by atoms with Crippen LogP contribution in [-0.4, -0.2) is 34.9 Å². The molecule has 2 aromatic rings. The number of allylic oxidation sites excluding steroid dienone is 1. The van der Waals surface area contributed by atoms with Gasteiger partial charge >= 0.3 is 0 Å². The van der Waals surface area contributed by atoms with Crippen molar-refractivity contribution in [2.24, 2.45) is 7.05 Å². The van der Waals surface area contributed by atoms with Crippen LogP contribution in [0.3, 0.4) is 0 Å². The van der Waals surface area contributed by atoms with Gasteiger partial charge in [-0.05, 0) is 30.5 Å². The van der Waals surface area contributed by atoms with Crippen LogP contribution in [0.4, 0.5) is 5.82 Å². The lowest BCUT2D eigenvalue weighted by atomic mass is 10.0. The Kier molecular flexibility index (Phi) is 8.29. The van der Waals surface area contributed by atoms with Crippen LogP contribution in [0.1, 0.15) is 25.3 Å². The van der Waals surface area contributed by atoms with Crippen molar-refractivity contribution in [3.8, 4) is 0 Å². The third-order valence-corrected chi connectivity index (χ3v) is 4.90. The number of amides is 1. The van der Waals surface area contributed by atoms with Gasteiger partial charge in [0.25, 0.3) is 11.5 Å². The summed E-state index contributed by atoms with van der Waals surface area (Å²) in [4.78, 5) is 29.3. The lowest BCUT2D eigenvalue weighted by molar-refractivity contribution is -0.111. The second-order valence-corrected chi connectivity index (χ2v) is 7.09. The molecule has 0 aliphatic heterocycles. The average molecular weight is 388 g/mol. The Balaban J connectivity index is 2.09. The fourth-order valence-electron chi connectivity index (χ4n) is 2.41. The number of ether oxygens (including phenoxy) is 1. The third kappa shape index (κ3) is 6.37. The fourth-order valence-corrected chi connectivity index (χ4v) is 3.24. The van der Waals surface area contributed by atoms with Crippen LogP contribution >= 0.6 is 11.8 Å². The molecule has 0 saturated heterocycles. The molecule has 27 heavy (non-hydrogen) atoms. The molecule has 0 aliphatic rings. The summed E-state index contributed by atoms with van der Waals surface area (Å²) < 4.78 is 6.43. The predicted molar refractivity (Wildman–Crippen MR) is 110 cm³/mol. The summed E-state index contributed by atoms with van der Waals surface area (Å²) in [6.45, 7) is 2.74. The summed E-state index contributed by atoms with van der Waals surface area (Å²) in [7, 11) is 3.32. The quantitative estimate of drug-likeness (QED) is 0.406. The number of hydrogen-bond donors (Lipinski definition) is 1. The van der Waals surface area contributed by atoms with E-state index in [4.69, 9.17) is 4.74 Å². The molecule has 1 heterocycles. The molecule has 1 amide bonds. The van der Waals surface area contributed by atoms with Gasteiger partial charge in [-0.3, -0.25) is 9.59 Å². The molecule has 0 aliphatic carbocycles. The van der Waals surface area contributed by atoms with Gasteiger partial charge in [0.15, 0.2) is 0 Å². The number of anilines is 1. The number of benzene rings is 1. The molecule has 144 valence electrons. The van der Waals surface area contributed by atoms with Crippen molar-refractivity contribution in [2.75, 3.05) is 24.8 Å². The van der Waals surface area contributed by atoms with Gasteiger partial charge < -0.3 is 14.6 Å². The van der Waals surface area contributed by atoms with Crippen LogP contribution < -0.4 is 10.9 Å². The molecule has 0 spiro atoms. The molecule has 1 N–H and O–H groups in total. The summed E-state index contributed by atoms with van der Waals surface area (Å²) in [6.07, 6.45) is 6.31. The number of methoxy groups -OCH3 is 1. The summed E-state index contributed by atoms with van der Waals surface area (Å²) in [5, 5.41) is 2.76. The SMILES string of the molecule is CC/C=C(\C(=O)Nc1cn(C)c(=O)cn1)c1ccc(SCCCOC)cc1. The topological polar surface area (TPSA) is 73.2 Å². The summed E-state index contributed by atoms with van der Waals surface area (Å²) in [5.74, 6) is 1.09. The van der Waals surface area contributed by atoms with Gasteiger partial charge in [-0.15, -0.1) is 11.8 Å². The Morgan fingerprint density at radius 1 is 1.33 bits per heavy atom. The minimum atomic E-state index is -0.247. The molecule has 7 heteroatoms. The summed E-state index contributed by atoms with van der Waals surface area (Å²) in [6, 6.07) is 7.95. The maximum Gasteiger partial charge on any atom is 0.268 e. The first-order chi connectivity index (χ1) is 13.0. The average Bonchev–Trinajstić information content (AvgIpc) is 2.67. The van der Waals surface area contributed by atoms with Crippen LogP contribution in [0.15, 0.2) is 52.4 Å². The second-order valence-electron chi connectivity index (χ2n) is 5.92. The van der Waals surface area contributed by atoms with Gasteiger partial charge in [0.1, 0.15) is 5.82 Å². The smallest absolute Gasteiger partial charge is 0.268 e. The van der Waals surface area contributed by atoms with E-state index < -0.39 is 0 Å². The van der Waals surface area contributed by atoms with Gasteiger partial charge in [0.05, 0.1) is 6.20 Å². The standard InChI is InChI=1S/C20H25N3O3S/c1-4-6-17(20(25)22-18-14-23(2)19(24)13-21-18)15-7-9-16(10-8-15)27-12-5-11-26-3/h6-10,13-14H,4-5,11-12H2,1-3H3,(H,22,25)/b17-6-. The van der Waals surface area contributed by atoms with E-state index in [0.717, 1.165) is 35.7 Å². The van der Waals surface area contributed by atoms with Gasteiger partial charge in [0.2, 0.25) is 0 Å². The number of aryl methyl sites for hydroxylation is 1. The monoisotopic (exact) mass is 387 g/mol. The number of hydrogen-bond acceptors (Lipinski definition) is 5. The van der Waals surface area contributed by atoms with Crippen molar-refractivity contribution >= 4 is 29.1 Å². The van der Waals surface area contributed by atoms with Gasteiger partial charge in [-0.2, -0.15) is 0 Å². The lowest BCUT2D eigenvalue weighted by Crippen LogP contribution is -2.20. The number of carbonyl (C=O) groups is 1. The minimum absolute atomic E-state index is 0.226. The molecule has 0 unspecified atom stereocenters. The van der Waals surface area contributed by atoms with E-state index in [9.17, 15) is 9.59 Å². The number of thioether (sulfide) groups is 1. The molecule has 0 atom stereocenters. The highest BCUT2D eigenvalue weighted by molar-refractivity contribution is 7.99. The Bertz CT molecular complexity index is 844. The highest BCUT2D eigenvalue weighted by Crippen LogP contribution is 2.23. The van der Waals surface area contributed by atoms with E-state index in [-0.39, 0.29) is 11.5 Å². The van der Waals surface area contributed by atoms with E-state index in [1.54, 1.807) is 25.9 Å². The van der Waals surface area contributed by atoms with Crippen molar-refractivity contribution in [3.05, 3.63) is 58.7 Å². The molecular formula is C20H25N3O3S. The highest BCUT2D eigenvalue weighted by Gasteiger charge is 2.13. The number of carbonyl (C=O) groups excluding carboxylic acids is 1. The van der Waals surface area contributed by atoms with Crippen LogP contribution in [0.25, 0.3) is 5.57 Å². The van der Waals surface area contributed by atoms with Crippen LogP contribution in [0.2, 0.25) is 0 Å². The minimum Gasteiger partial charge on any atom is -0.385 e. The number of nitrogens with zero attached hydrogens (tertiary/aromatic N) is 2. The highest BCUT2D eigenvalue weighted by atomic mass is 32.2. The van der Waals surface area contributed by atoms with Crippen LogP contribution in [0.5, 0.6) is 0 Å². The number of rotatable bonds is 9. The molecule has 0 fully saturated rings. The Morgan fingerprint density at radius 3 is 2.70 bits per heavy atom. The van der Waals surface area contributed by atoms with Gasteiger partial charge in [-0.1, -0.05) is 25.1 Å². The molecule has 0 saturated carbocycles. The van der Waals surface area contributed by atoms with Crippen molar-refractivity contribution in [1.29, 1.82) is 0 Å². The third-order valence-electron chi connectivity index (χ3n) is 3.80. The van der Waals surface area contributed by atoms with Crippen molar-refractivity contribution < 1.29 is 9.53 Å². The summed E-state index contributed by atoms with van der Waals surface area (Å²) >= 11 is 1.77. The molecule has 2 rings (SSSR count). The number of nitrogens with one attached hydrogen (secondary N) is 1. The molecular weight excluding hydrogens is 362 g/mol. The Morgan fingerprint density at radius 2 is 2.07 bits per heavy atom. The first-order valence-corrected chi connectivity index (χ1v) is 9.80. The van der Waals surface area contributed by atoms with E-state index in [1.165, 1.54) is 17.0 Å².